The summed E-state index contributed by atoms with van der Waals surface area (Å²) in [5, 5.41) is 4.00. The molecule has 0 radical (unpaired) electrons. The van der Waals surface area contributed by atoms with Crippen LogP contribution in [0.25, 0.3) is 23.0 Å². The minimum Gasteiger partial charge on any atom is -0.399 e. The molecular formula is C15H13BrN4O. The third-order valence-corrected chi connectivity index (χ3v) is 3.96. The first-order valence-corrected chi connectivity index (χ1v) is 7.17. The molecule has 0 bridgehead atoms. The molecule has 5 nitrogen and oxygen atoms in total. The van der Waals surface area contributed by atoms with Crippen LogP contribution in [0.1, 0.15) is 11.1 Å². The molecule has 0 aliphatic rings. The normalized spacial score (nSPS) is 10.8. The molecule has 6 heteroatoms. The lowest BCUT2D eigenvalue weighted by atomic mass is 10.0. The summed E-state index contributed by atoms with van der Waals surface area (Å²) in [7, 11) is 0. The van der Waals surface area contributed by atoms with E-state index in [1.165, 1.54) is 0 Å². The van der Waals surface area contributed by atoms with Crippen LogP contribution >= 0.6 is 15.9 Å². The van der Waals surface area contributed by atoms with Gasteiger partial charge < -0.3 is 10.3 Å². The van der Waals surface area contributed by atoms with Crippen LogP contribution < -0.4 is 5.73 Å². The largest absolute Gasteiger partial charge is 0.399 e. The molecule has 1 aromatic carbocycles. The van der Waals surface area contributed by atoms with E-state index < -0.39 is 0 Å². The summed E-state index contributed by atoms with van der Waals surface area (Å²) in [6.07, 6.45) is 1.69. The maximum atomic E-state index is 5.90. The van der Waals surface area contributed by atoms with Crippen molar-refractivity contribution in [2.45, 2.75) is 13.8 Å². The second kappa shape index (κ2) is 5.29. The topological polar surface area (TPSA) is 77.8 Å². The molecule has 0 unspecified atom stereocenters. The molecular weight excluding hydrogens is 332 g/mol. The Balaban J connectivity index is 2.09. The van der Waals surface area contributed by atoms with E-state index in [1.54, 1.807) is 6.20 Å². The Morgan fingerprint density at radius 3 is 2.81 bits per heavy atom. The van der Waals surface area contributed by atoms with E-state index >= 15 is 0 Å². The maximum Gasteiger partial charge on any atom is 0.258 e. The number of aryl methyl sites for hydroxylation is 1. The number of benzene rings is 1. The third-order valence-electron chi connectivity index (χ3n) is 3.32. The molecule has 0 saturated heterocycles. The van der Waals surface area contributed by atoms with Crippen molar-refractivity contribution in [3.8, 4) is 23.0 Å². The van der Waals surface area contributed by atoms with Gasteiger partial charge in [0.05, 0.1) is 0 Å². The molecule has 3 rings (SSSR count). The summed E-state index contributed by atoms with van der Waals surface area (Å²) >= 11 is 3.43. The molecule has 2 heterocycles. The number of hydrogen-bond acceptors (Lipinski definition) is 5. The lowest BCUT2D eigenvalue weighted by Crippen LogP contribution is -1.93. The van der Waals surface area contributed by atoms with Crippen LogP contribution in [0, 0.1) is 13.8 Å². The average molecular weight is 345 g/mol. The summed E-state index contributed by atoms with van der Waals surface area (Å²) in [6, 6.07) is 7.48. The van der Waals surface area contributed by atoms with Gasteiger partial charge in [0.1, 0.15) is 5.69 Å². The van der Waals surface area contributed by atoms with Gasteiger partial charge in [0, 0.05) is 21.9 Å². The van der Waals surface area contributed by atoms with Gasteiger partial charge in [-0.25, -0.2) is 0 Å². The monoisotopic (exact) mass is 344 g/mol. The van der Waals surface area contributed by atoms with Gasteiger partial charge in [-0.2, -0.15) is 4.98 Å². The Hall–Kier alpha value is -2.21. The van der Waals surface area contributed by atoms with Crippen molar-refractivity contribution < 1.29 is 4.52 Å². The minimum absolute atomic E-state index is 0.440. The van der Waals surface area contributed by atoms with E-state index in [2.05, 4.69) is 31.1 Å². The van der Waals surface area contributed by atoms with Crippen LogP contribution in [0.5, 0.6) is 0 Å². The molecule has 0 fully saturated rings. The Labute approximate surface area is 130 Å². The Morgan fingerprint density at radius 1 is 1.24 bits per heavy atom. The van der Waals surface area contributed by atoms with E-state index in [1.807, 2.05) is 38.1 Å². The van der Waals surface area contributed by atoms with Gasteiger partial charge in [-0.3, -0.25) is 4.98 Å². The van der Waals surface area contributed by atoms with Crippen molar-refractivity contribution in [3.63, 3.8) is 0 Å². The molecule has 21 heavy (non-hydrogen) atoms. The molecule has 0 aliphatic carbocycles. The van der Waals surface area contributed by atoms with Gasteiger partial charge in [-0.1, -0.05) is 5.16 Å². The number of hydrogen-bond donors (Lipinski definition) is 1. The molecule has 0 aliphatic heterocycles. The van der Waals surface area contributed by atoms with Crippen molar-refractivity contribution in [2.75, 3.05) is 5.73 Å². The molecule has 0 atom stereocenters. The van der Waals surface area contributed by atoms with Gasteiger partial charge in [0.15, 0.2) is 0 Å². The number of nitrogen functional groups attached to an aromatic ring is 1. The minimum atomic E-state index is 0.440. The highest BCUT2D eigenvalue weighted by molar-refractivity contribution is 9.10. The summed E-state index contributed by atoms with van der Waals surface area (Å²) in [5.41, 5.74) is 10.2. The van der Waals surface area contributed by atoms with Crippen molar-refractivity contribution in [1.29, 1.82) is 0 Å². The van der Waals surface area contributed by atoms with Gasteiger partial charge in [0.2, 0.25) is 5.82 Å². The van der Waals surface area contributed by atoms with Crippen LogP contribution in [-0.2, 0) is 0 Å². The number of rotatable bonds is 2. The molecule has 3 aromatic rings. The van der Waals surface area contributed by atoms with Gasteiger partial charge >= 0.3 is 0 Å². The zero-order chi connectivity index (χ0) is 15.0. The number of nitrogens with two attached hydrogens (primary N) is 1. The van der Waals surface area contributed by atoms with Gasteiger partial charge in [0.25, 0.3) is 5.89 Å². The van der Waals surface area contributed by atoms with Crippen LogP contribution in [0.3, 0.4) is 0 Å². The van der Waals surface area contributed by atoms with E-state index in [0.717, 1.165) is 21.2 Å². The second-order valence-corrected chi connectivity index (χ2v) is 5.62. The standard InChI is InChI=1S/C15H13BrN4O/c1-8-6-10(17)7-11(9(8)2)15-19-14(20-21-15)13-12(16)4-3-5-18-13/h3-7H,17H2,1-2H3. The lowest BCUT2D eigenvalue weighted by molar-refractivity contribution is 0.432. The first-order valence-electron chi connectivity index (χ1n) is 6.38. The van der Waals surface area contributed by atoms with Crippen LogP contribution in [0.4, 0.5) is 5.69 Å². The highest BCUT2D eigenvalue weighted by atomic mass is 79.9. The van der Waals surface area contributed by atoms with Crippen LogP contribution in [0.2, 0.25) is 0 Å². The summed E-state index contributed by atoms with van der Waals surface area (Å²) in [5.74, 6) is 0.882. The number of anilines is 1. The summed E-state index contributed by atoms with van der Waals surface area (Å²) in [6.45, 7) is 4.01. The molecule has 2 aromatic heterocycles. The zero-order valence-corrected chi connectivity index (χ0v) is 13.2. The quantitative estimate of drug-likeness (QED) is 0.716. The van der Waals surface area contributed by atoms with Crippen LogP contribution in [-0.4, -0.2) is 15.1 Å². The molecule has 2 N–H and O–H groups in total. The predicted molar refractivity (Wildman–Crippen MR) is 84.6 cm³/mol. The van der Waals surface area contributed by atoms with Crippen molar-refractivity contribution in [2.24, 2.45) is 0 Å². The molecule has 0 amide bonds. The number of pyridine rings is 1. The highest BCUT2D eigenvalue weighted by Gasteiger charge is 2.16. The SMILES string of the molecule is Cc1cc(N)cc(-c2nc(-c3ncccc3Br)no2)c1C. The number of halogens is 1. The predicted octanol–water partition coefficient (Wildman–Crippen LogP) is 3.76. The zero-order valence-electron chi connectivity index (χ0n) is 11.6. The fourth-order valence-electron chi connectivity index (χ4n) is 2.09. The van der Waals surface area contributed by atoms with E-state index in [4.69, 9.17) is 10.3 Å². The first kappa shape index (κ1) is 13.8. The molecule has 106 valence electrons. The Bertz CT molecular complexity index is 813. The second-order valence-electron chi connectivity index (χ2n) is 4.77. The summed E-state index contributed by atoms with van der Waals surface area (Å²) < 4.78 is 6.19. The Morgan fingerprint density at radius 2 is 2.05 bits per heavy atom. The average Bonchev–Trinajstić information content (AvgIpc) is 2.92. The first-order chi connectivity index (χ1) is 10.1. The van der Waals surface area contributed by atoms with E-state index in [-0.39, 0.29) is 0 Å². The van der Waals surface area contributed by atoms with E-state index in [9.17, 15) is 0 Å². The number of nitrogens with zero attached hydrogens (tertiary/aromatic N) is 3. The van der Waals surface area contributed by atoms with Crippen molar-refractivity contribution in [3.05, 3.63) is 46.1 Å². The fourth-order valence-corrected chi connectivity index (χ4v) is 2.52. The van der Waals surface area contributed by atoms with Gasteiger partial charge in [-0.15, -0.1) is 0 Å². The van der Waals surface area contributed by atoms with Crippen LogP contribution in [0.15, 0.2) is 39.5 Å². The summed E-state index contributed by atoms with van der Waals surface area (Å²) in [4.78, 5) is 8.69. The van der Waals surface area contributed by atoms with E-state index in [0.29, 0.717) is 23.1 Å². The number of aromatic nitrogens is 3. The Kier molecular flexibility index (Phi) is 3.47. The van der Waals surface area contributed by atoms with Gasteiger partial charge in [-0.05, 0) is 65.2 Å². The maximum absolute atomic E-state index is 5.90. The fraction of sp³-hybridized carbons (Fsp3) is 0.133. The van der Waals surface area contributed by atoms with Crippen molar-refractivity contribution >= 4 is 21.6 Å². The van der Waals surface area contributed by atoms with Crippen molar-refractivity contribution in [1.82, 2.24) is 15.1 Å². The smallest absolute Gasteiger partial charge is 0.258 e. The molecule has 0 saturated carbocycles. The lowest BCUT2D eigenvalue weighted by Gasteiger charge is -2.06. The molecule has 0 spiro atoms. The highest BCUT2D eigenvalue weighted by Crippen LogP contribution is 2.30. The third kappa shape index (κ3) is 2.54.